The first-order chi connectivity index (χ1) is 9.24. The molecule has 1 heterocycles. The minimum absolute atomic E-state index is 0.0714. The molecule has 2 amide bonds. The van der Waals surface area contributed by atoms with Crippen LogP contribution in [0.2, 0.25) is 0 Å². The first kappa shape index (κ1) is 16.8. The number of hydrogen-bond acceptors (Lipinski definition) is 3. The lowest BCUT2D eigenvalue weighted by Crippen LogP contribution is -2.54. The number of ether oxygens (including phenoxy) is 1. The van der Waals surface area contributed by atoms with Crippen molar-refractivity contribution < 1.29 is 19.4 Å². The molecule has 1 aliphatic rings. The van der Waals surface area contributed by atoms with Crippen LogP contribution in [0.1, 0.15) is 40.5 Å². The van der Waals surface area contributed by atoms with E-state index in [4.69, 9.17) is 9.84 Å². The van der Waals surface area contributed by atoms with Gasteiger partial charge in [0.05, 0.1) is 19.1 Å². The van der Waals surface area contributed by atoms with Gasteiger partial charge in [0.25, 0.3) is 0 Å². The molecular weight excluding hydrogens is 260 g/mol. The molecule has 0 radical (unpaired) electrons. The normalized spacial score (nSPS) is 21.4. The van der Waals surface area contributed by atoms with E-state index in [0.29, 0.717) is 19.7 Å². The van der Waals surface area contributed by atoms with Crippen LogP contribution in [-0.4, -0.2) is 53.8 Å². The number of rotatable bonds is 4. The van der Waals surface area contributed by atoms with E-state index in [1.54, 1.807) is 4.90 Å². The Labute approximate surface area is 120 Å². The lowest BCUT2D eigenvalue weighted by atomic mass is 9.85. The highest BCUT2D eigenvalue weighted by atomic mass is 16.5. The number of hydrogen-bond donors (Lipinski definition) is 2. The highest BCUT2D eigenvalue weighted by molar-refractivity contribution is 5.76. The first-order valence-corrected chi connectivity index (χ1v) is 7.13. The maximum Gasteiger partial charge on any atom is 0.317 e. The van der Waals surface area contributed by atoms with E-state index in [1.165, 1.54) is 0 Å². The second-order valence-electron chi connectivity index (χ2n) is 6.31. The Hall–Kier alpha value is -1.30. The van der Waals surface area contributed by atoms with Crippen LogP contribution < -0.4 is 5.32 Å². The summed E-state index contributed by atoms with van der Waals surface area (Å²) in [4.78, 5) is 24.9. The van der Waals surface area contributed by atoms with Crippen molar-refractivity contribution in [3.63, 3.8) is 0 Å². The molecule has 116 valence electrons. The van der Waals surface area contributed by atoms with E-state index in [9.17, 15) is 9.59 Å². The van der Waals surface area contributed by atoms with Crippen molar-refractivity contribution in [3.8, 4) is 0 Å². The second-order valence-corrected chi connectivity index (χ2v) is 6.31. The monoisotopic (exact) mass is 286 g/mol. The SMILES string of the molecule is CCC1CN(C(=O)NC(CC(=O)O)C(C)(C)C)CCO1. The molecule has 0 aromatic heterocycles. The maximum atomic E-state index is 12.3. The van der Waals surface area contributed by atoms with E-state index in [0.717, 1.165) is 6.42 Å². The van der Waals surface area contributed by atoms with Crippen molar-refractivity contribution in [3.05, 3.63) is 0 Å². The highest BCUT2D eigenvalue weighted by Gasteiger charge is 2.31. The number of morpholine rings is 1. The number of urea groups is 1. The van der Waals surface area contributed by atoms with E-state index in [-0.39, 0.29) is 24.0 Å². The molecule has 2 unspecified atom stereocenters. The van der Waals surface area contributed by atoms with E-state index < -0.39 is 12.0 Å². The van der Waals surface area contributed by atoms with Crippen molar-refractivity contribution in [1.29, 1.82) is 0 Å². The van der Waals surface area contributed by atoms with E-state index in [1.807, 2.05) is 27.7 Å². The van der Waals surface area contributed by atoms with Gasteiger partial charge in [-0.1, -0.05) is 27.7 Å². The van der Waals surface area contributed by atoms with Gasteiger partial charge in [-0.15, -0.1) is 0 Å². The van der Waals surface area contributed by atoms with Crippen LogP contribution in [-0.2, 0) is 9.53 Å². The fraction of sp³-hybridized carbons (Fsp3) is 0.857. The number of aliphatic carboxylic acids is 1. The van der Waals surface area contributed by atoms with Gasteiger partial charge in [0.2, 0.25) is 0 Å². The summed E-state index contributed by atoms with van der Waals surface area (Å²) in [6, 6.07) is -0.594. The maximum absolute atomic E-state index is 12.3. The van der Waals surface area contributed by atoms with E-state index >= 15 is 0 Å². The molecule has 0 aromatic rings. The van der Waals surface area contributed by atoms with Gasteiger partial charge < -0.3 is 20.1 Å². The number of nitrogens with zero attached hydrogens (tertiary/aromatic N) is 1. The zero-order valence-electron chi connectivity index (χ0n) is 12.8. The summed E-state index contributed by atoms with van der Waals surface area (Å²) in [6.07, 6.45) is 0.861. The zero-order chi connectivity index (χ0) is 15.3. The Morgan fingerprint density at radius 2 is 2.10 bits per heavy atom. The summed E-state index contributed by atoms with van der Waals surface area (Å²) < 4.78 is 5.53. The Balaban J connectivity index is 2.63. The molecule has 0 saturated carbocycles. The molecule has 2 N–H and O–H groups in total. The first-order valence-electron chi connectivity index (χ1n) is 7.13. The van der Waals surface area contributed by atoms with E-state index in [2.05, 4.69) is 5.32 Å². The number of carbonyl (C=O) groups excluding carboxylic acids is 1. The van der Waals surface area contributed by atoms with Gasteiger partial charge in [0, 0.05) is 19.1 Å². The van der Waals surface area contributed by atoms with Crippen LogP contribution in [0.5, 0.6) is 0 Å². The Morgan fingerprint density at radius 3 is 2.60 bits per heavy atom. The molecule has 6 nitrogen and oxygen atoms in total. The zero-order valence-corrected chi connectivity index (χ0v) is 12.8. The second kappa shape index (κ2) is 6.92. The third-order valence-corrected chi connectivity index (χ3v) is 3.60. The molecule has 1 aliphatic heterocycles. The molecule has 1 saturated heterocycles. The van der Waals surface area contributed by atoms with Gasteiger partial charge in [0.15, 0.2) is 0 Å². The lowest BCUT2D eigenvalue weighted by Gasteiger charge is -2.36. The molecule has 1 fully saturated rings. The molecule has 1 rings (SSSR count). The average Bonchev–Trinajstić information content (AvgIpc) is 2.36. The molecule has 2 atom stereocenters. The molecule has 20 heavy (non-hydrogen) atoms. The summed E-state index contributed by atoms with van der Waals surface area (Å²) in [5.74, 6) is -0.904. The smallest absolute Gasteiger partial charge is 0.317 e. The Bertz CT molecular complexity index is 352. The van der Waals surface area contributed by atoms with Gasteiger partial charge in [0.1, 0.15) is 0 Å². The van der Waals surface area contributed by atoms with Crippen molar-refractivity contribution >= 4 is 12.0 Å². The molecule has 0 bridgehead atoms. The number of carboxylic acids is 1. The molecule has 0 aromatic carbocycles. The number of amides is 2. The lowest BCUT2D eigenvalue weighted by molar-refractivity contribution is -0.138. The third kappa shape index (κ3) is 5.00. The quantitative estimate of drug-likeness (QED) is 0.824. The van der Waals surface area contributed by atoms with Gasteiger partial charge in [-0.25, -0.2) is 4.79 Å². The van der Waals surface area contributed by atoms with Crippen LogP contribution in [0.4, 0.5) is 4.79 Å². The van der Waals surface area contributed by atoms with Gasteiger partial charge in [-0.05, 0) is 11.8 Å². The summed E-state index contributed by atoms with van der Waals surface area (Å²) in [5, 5.41) is 11.8. The summed E-state index contributed by atoms with van der Waals surface area (Å²) in [5.41, 5.74) is -0.301. The van der Waals surface area contributed by atoms with Crippen LogP contribution in [0.25, 0.3) is 0 Å². The minimum atomic E-state index is -0.904. The molecule has 0 spiro atoms. The Morgan fingerprint density at radius 1 is 1.45 bits per heavy atom. The topological polar surface area (TPSA) is 78.9 Å². The van der Waals surface area contributed by atoms with Gasteiger partial charge >= 0.3 is 12.0 Å². The Kier molecular flexibility index (Phi) is 5.80. The molecular formula is C14H26N2O4. The molecule has 6 heteroatoms. The predicted octanol–water partition coefficient (Wildman–Crippen LogP) is 1.70. The van der Waals surface area contributed by atoms with Crippen LogP contribution >= 0.6 is 0 Å². The number of carboxylic acid groups (broad SMARTS) is 1. The fourth-order valence-electron chi connectivity index (χ4n) is 2.14. The summed E-state index contributed by atoms with van der Waals surface area (Å²) >= 11 is 0. The van der Waals surface area contributed by atoms with Crippen molar-refractivity contribution in [2.45, 2.75) is 52.7 Å². The minimum Gasteiger partial charge on any atom is -0.481 e. The van der Waals surface area contributed by atoms with Crippen LogP contribution in [0.15, 0.2) is 0 Å². The predicted molar refractivity (Wildman–Crippen MR) is 75.6 cm³/mol. The summed E-state index contributed by atoms with van der Waals surface area (Å²) in [6.45, 7) is 9.44. The van der Waals surface area contributed by atoms with Crippen molar-refractivity contribution in [2.75, 3.05) is 19.7 Å². The van der Waals surface area contributed by atoms with Crippen molar-refractivity contribution in [2.24, 2.45) is 5.41 Å². The highest BCUT2D eigenvalue weighted by Crippen LogP contribution is 2.22. The third-order valence-electron chi connectivity index (χ3n) is 3.60. The standard InChI is InChI=1S/C14H26N2O4/c1-5-10-9-16(6-7-20-10)13(19)15-11(8-12(17)18)14(2,3)4/h10-11H,5-9H2,1-4H3,(H,15,19)(H,17,18). The van der Waals surface area contributed by atoms with Gasteiger partial charge in [-0.2, -0.15) is 0 Å². The van der Waals surface area contributed by atoms with Gasteiger partial charge in [-0.3, -0.25) is 4.79 Å². The van der Waals surface area contributed by atoms with Crippen molar-refractivity contribution in [1.82, 2.24) is 10.2 Å². The van der Waals surface area contributed by atoms with Crippen LogP contribution in [0.3, 0.4) is 0 Å². The average molecular weight is 286 g/mol. The molecule has 0 aliphatic carbocycles. The summed E-state index contributed by atoms with van der Waals surface area (Å²) in [7, 11) is 0. The number of carbonyl (C=O) groups is 2. The number of nitrogens with one attached hydrogen (secondary N) is 1. The van der Waals surface area contributed by atoms with Crippen LogP contribution in [0, 0.1) is 5.41 Å². The largest absolute Gasteiger partial charge is 0.481 e. The fourth-order valence-corrected chi connectivity index (χ4v) is 2.14.